The van der Waals surface area contributed by atoms with E-state index in [4.69, 9.17) is 5.73 Å². The van der Waals surface area contributed by atoms with Crippen LogP contribution < -0.4 is 5.73 Å². The van der Waals surface area contributed by atoms with Gasteiger partial charge in [-0.3, -0.25) is 4.79 Å². The number of anilines is 1. The number of hydrogen-bond acceptors (Lipinski definition) is 2. The van der Waals surface area contributed by atoms with Gasteiger partial charge in [-0.25, -0.2) is 17.6 Å². The van der Waals surface area contributed by atoms with E-state index in [1.54, 1.807) is 0 Å². The van der Waals surface area contributed by atoms with E-state index in [9.17, 15) is 22.4 Å². The van der Waals surface area contributed by atoms with Crippen molar-refractivity contribution in [2.75, 3.05) is 5.73 Å². The number of nitrogen functional groups attached to an aromatic ring is 1. The van der Waals surface area contributed by atoms with Crippen LogP contribution in [0.5, 0.6) is 0 Å². The Bertz CT molecular complexity index is 650. The average molecular weight is 269 g/mol. The molecule has 0 radical (unpaired) electrons. The van der Waals surface area contributed by atoms with Gasteiger partial charge >= 0.3 is 0 Å². The molecular weight excluding hydrogens is 262 g/mol. The average Bonchev–Trinajstić information content (AvgIpc) is 2.31. The van der Waals surface area contributed by atoms with Gasteiger partial charge in [-0.2, -0.15) is 0 Å². The van der Waals surface area contributed by atoms with Crippen LogP contribution in [-0.4, -0.2) is 5.78 Å². The molecule has 0 saturated carbocycles. The first-order chi connectivity index (χ1) is 8.88. The maximum Gasteiger partial charge on any atom is 0.195 e. The molecule has 0 fully saturated rings. The van der Waals surface area contributed by atoms with Crippen molar-refractivity contribution in [2.24, 2.45) is 0 Å². The third-order valence-electron chi connectivity index (χ3n) is 2.46. The Balaban J connectivity index is 2.56. The molecule has 0 aromatic heterocycles. The molecule has 0 unspecified atom stereocenters. The van der Waals surface area contributed by atoms with Crippen LogP contribution in [0.3, 0.4) is 0 Å². The number of hydrogen-bond donors (Lipinski definition) is 1. The van der Waals surface area contributed by atoms with E-state index in [-0.39, 0.29) is 5.56 Å². The standard InChI is InChI=1S/C13H7F4NO/c14-7-1-6(2-8(15)3-7)13(19)10-4-9(16)5-11(17)12(10)18/h1-5H,18H2. The zero-order valence-corrected chi connectivity index (χ0v) is 9.38. The molecule has 2 aromatic carbocycles. The van der Waals surface area contributed by atoms with E-state index >= 15 is 0 Å². The van der Waals surface area contributed by atoms with Gasteiger partial charge in [-0.15, -0.1) is 0 Å². The van der Waals surface area contributed by atoms with Crippen LogP contribution in [0, 0.1) is 23.3 Å². The summed E-state index contributed by atoms with van der Waals surface area (Å²) in [6.07, 6.45) is 0. The van der Waals surface area contributed by atoms with Gasteiger partial charge in [-0.1, -0.05) is 0 Å². The molecule has 0 saturated heterocycles. The predicted octanol–water partition coefficient (Wildman–Crippen LogP) is 3.06. The molecule has 19 heavy (non-hydrogen) atoms. The first-order valence-electron chi connectivity index (χ1n) is 5.14. The molecular formula is C13H7F4NO. The topological polar surface area (TPSA) is 43.1 Å². The maximum absolute atomic E-state index is 13.2. The summed E-state index contributed by atoms with van der Waals surface area (Å²) < 4.78 is 52.2. The van der Waals surface area contributed by atoms with Crippen LogP contribution in [0.1, 0.15) is 15.9 Å². The molecule has 0 aliphatic carbocycles. The Morgan fingerprint density at radius 2 is 1.37 bits per heavy atom. The molecule has 0 aliphatic heterocycles. The quantitative estimate of drug-likeness (QED) is 0.517. The molecule has 2 aromatic rings. The van der Waals surface area contributed by atoms with Crippen molar-refractivity contribution >= 4 is 11.5 Å². The lowest BCUT2D eigenvalue weighted by molar-refractivity contribution is 0.103. The minimum atomic E-state index is -1.11. The molecule has 2 N–H and O–H groups in total. The van der Waals surface area contributed by atoms with E-state index in [1.807, 2.05) is 0 Å². The number of ketones is 1. The van der Waals surface area contributed by atoms with E-state index in [0.29, 0.717) is 18.2 Å². The van der Waals surface area contributed by atoms with Gasteiger partial charge in [0.15, 0.2) is 5.78 Å². The lowest BCUT2D eigenvalue weighted by Gasteiger charge is -2.06. The number of carbonyl (C=O) groups is 1. The van der Waals surface area contributed by atoms with Gasteiger partial charge in [0.25, 0.3) is 0 Å². The normalized spacial score (nSPS) is 10.5. The van der Waals surface area contributed by atoms with Gasteiger partial charge in [-0.05, 0) is 18.2 Å². The highest BCUT2D eigenvalue weighted by Crippen LogP contribution is 2.22. The Morgan fingerprint density at radius 1 is 0.842 bits per heavy atom. The zero-order valence-electron chi connectivity index (χ0n) is 9.38. The maximum atomic E-state index is 13.2. The minimum absolute atomic E-state index is 0.380. The molecule has 0 spiro atoms. The van der Waals surface area contributed by atoms with Crippen molar-refractivity contribution in [1.82, 2.24) is 0 Å². The van der Waals surface area contributed by atoms with Gasteiger partial charge in [0.2, 0.25) is 0 Å². The van der Waals surface area contributed by atoms with Crippen molar-refractivity contribution in [3.05, 3.63) is 64.7 Å². The minimum Gasteiger partial charge on any atom is -0.396 e. The summed E-state index contributed by atoms with van der Waals surface area (Å²) in [7, 11) is 0. The fraction of sp³-hybridized carbons (Fsp3) is 0. The largest absolute Gasteiger partial charge is 0.396 e. The first-order valence-corrected chi connectivity index (χ1v) is 5.14. The summed E-state index contributed by atoms with van der Waals surface area (Å²) in [6, 6.07) is 3.31. The molecule has 0 amide bonds. The third-order valence-corrected chi connectivity index (χ3v) is 2.46. The molecule has 6 heteroatoms. The first kappa shape index (κ1) is 13.1. The van der Waals surface area contributed by atoms with Gasteiger partial charge in [0.1, 0.15) is 23.3 Å². The van der Waals surface area contributed by atoms with E-state index in [2.05, 4.69) is 0 Å². The molecule has 2 nitrogen and oxygen atoms in total. The van der Waals surface area contributed by atoms with Crippen LogP contribution in [0.4, 0.5) is 23.2 Å². The van der Waals surface area contributed by atoms with Crippen molar-refractivity contribution in [3.63, 3.8) is 0 Å². The lowest BCUT2D eigenvalue weighted by atomic mass is 10.0. The molecule has 0 aliphatic rings. The van der Waals surface area contributed by atoms with Gasteiger partial charge in [0.05, 0.1) is 11.3 Å². The Morgan fingerprint density at radius 3 is 1.95 bits per heavy atom. The second-order valence-corrected chi connectivity index (χ2v) is 3.84. The zero-order chi connectivity index (χ0) is 14.2. The number of carbonyl (C=O) groups excluding carboxylic acids is 1. The monoisotopic (exact) mass is 269 g/mol. The number of benzene rings is 2. The summed E-state index contributed by atoms with van der Waals surface area (Å²) in [5, 5.41) is 0. The SMILES string of the molecule is Nc1c(F)cc(F)cc1C(=O)c1cc(F)cc(F)c1. The fourth-order valence-electron chi connectivity index (χ4n) is 1.61. The van der Waals surface area contributed by atoms with Crippen molar-refractivity contribution in [1.29, 1.82) is 0 Å². The van der Waals surface area contributed by atoms with Gasteiger partial charge in [0, 0.05) is 17.7 Å². The van der Waals surface area contributed by atoms with Crippen LogP contribution in [0.15, 0.2) is 30.3 Å². The summed E-state index contributed by atoms with van der Waals surface area (Å²) >= 11 is 0. The van der Waals surface area contributed by atoms with Crippen molar-refractivity contribution in [2.45, 2.75) is 0 Å². The van der Waals surface area contributed by atoms with E-state index < -0.39 is 40.3 Å². The highest BCUT2D eigenvalue weighted by Gasteiger charge is 2.18. The molecule has 0 heterocycles. The van der Waals surface area contributed by atoms with E-state index in [1.165, 1.54) is 0 Å². The Kier molecular flexibility index (Phi) is 3.25. The summed E-state index contributed by atoms with van der Waals surface area (Å²) in [5.41, 5.74) is 3.88. The molecule has 98 valence electrons. The molecule has 2 rings (SSSR count). The third kappa shape index (κ3) is 2.57. The van der Waals surface area contributed by atoms with E-state index in [0.717, 1.165) is 12.1 Å². The Hall–Kier alpha value is -2.37. The fourth-order valence-corrected chi connectivity index (χ4v) is 1.61. The number of rotatable bonds is 2. The number of nitrogens with two attached hydrogens (primary N) is 1. The summed E-state index contributed by atoms with van der Waals surface area (Å²) in [5.74, 6) is -5.03. The van der Waals surface area contributed by atoms with Crippen molar-refractivity contribution < 1.29 is 22.4 Å². The van der Waals surface area contributed by atoms with Crippen molar-refractivity contribution in [3.8, 4) is 0 Å². The second kappa shape index (κ2) is 4.72. The lowest BCUT2D eigenvalue weighted by Crippen LogP contribution is -2.08. The smallest absolute Gasteiger partial charge is 0.195 e. The molecule has 0 atom stereocenters. The van der Waals surface area contributed by atoms with Gasteiger partial charge < -0.3 is 5.73 Å². The number of halogens is 4. The summed E-state index contributed by atoms with van der Waals surface area (Å²) in [4.78, 5) is 11.9. The highest BCUT2D eigenvalue weighted by molar-refractivity contribution is 6.12. The molecule has 0 bridgehead atoms. The van der Waals surface area contributed by atoms with Crippen LogP contribution >= 0.6 is 0 Å². The highest BCUT2D eigenvalue weighted by atomic mass is 19.1. The van der Waals surface area contributed by atoms with Crippen LogP contribution in [-0.2, 0) is 0 Å². The van der Waals surface area contributed by atoms with Crippen LogP contribution in [0.2, 0.25) is 0 Å². The van der Waals surface area contributed by atoms with Crippen LogP contribution in [0.25, 0.3) is 0 Å². The second-order valence-electron chi connectivity index (χ2n) is 3.84. The summed E-state index contributed by atoms with van der Waals surface area (Å²) in [6.45, 7) is 0. The predicted molar refractivity (Wildman–Crippen MR) is 60.6 cm³/mol. The Labute approximate surface area is 105 Å².